The minimum Gasteiger partial charge on any atom is -0.311 e. The van der Waals surface area contributed by atoms with Crippen LogP contribution in [0.15, 0.2) is 109 Å². The molecule has 11 rings (SSSR count). The number of hydrogen-bond acceptors (Lipinski definition) is 3. The van der Waals surface area contributed by atoms with Crippen LogP contribution >= 0.6 is 11.3 Å². The first-order chi connectivity index (χ1) is 30.2. The van der Waals surface area contributed by atoms with Crippen molar-refractivity contribution in [3.8, 4) is 11.1 Å². The fourth-order valence-electron chi connectivity index (χ4n) is 12.3. The molecule has 64 heavy (non-hydrogen) atoms. The van der Waals surface area contributed by atoms with E-state index in [2.05, 4.69) is 209 Å². The number of nitrogens with zero attached hydrogens (tertiary/aromatic N) is 2. The van der Waals surface area contributed by atoms with Gasteiger partial charge in [-0.15, -0.1) is 11.3 Å². The molecular weight excluding hydrogens is 792 g/mol. The Morgan fingerprint density at radius 1 is 0.547 bits per heavy atom. The summed E-state index contributed by atoms with van der Waals surface area (Å²) in [6.45, 7) is 31.6. The lowest BCUT2D eigenvalue weighted by molar-refractivity contribution is 0.331. The number of hydrogen-bond donors (Lipinski definition) is 0. The summed E-state index contributed by atoms with van der Waals surface area (Å²) in [7, 11) is 0. The second-order valence-electron chi connectivity index (χ2n) is 23.7. The molecule has 6 aromatic carbocycles. The van der Waals surface area contributed by atoms with Crippen molar-refractivity contribution in [3.63, 3.8) is 0 Å². The molecule has 3 heterocycles. The monoisotopic (exact) mass is 856 g/mol. The molecule has 0 unspecified atom stereocenters. The largest absolute Gasteiger partial charge is 0.311 e. The molecule has 0 bridgehead atoms. The van der Waals surface area contributed by atoms with Gasteiger partial charge < -0.3 is 9.80 Å². The van der Waals surface area contributed by atoms with Gasteiger partial charge in [-0.05, 0) is 170 Å². The fourth-order valence-corrected chi connectivity index (χ4v) is 13.5. The van der Waals surface area contributed by atoms with Gasteiger partial charge in [-0.3, -0.25) is 0 Å². The van der Waals surface area contributed by atoms with E-state index < -0.39 is 0 Å². The average Bonchev–Trinajstić information content (AvgIpc) is 3.61. The first kappa shape index (κ1) is 41.6. The minimum atomic E-state index is -0.00963. The van der Waals surface area contributed by atoms with Crippen molar-refractivity contribution in [1.82, 2.24) is 0 Å². The molecule has 0 saturated heterocycles. The summed E-state index contributed by atoms with van der Waals surface area (Å²) in [4.78, 5) is 5.45. The van der Waals surface area contributed by atoms with Crippen LogP contribution in [0.3, 0.4) is 0 Å². The van der Waals surface area contributed by atoms with Crippen LogP contribution in [0.5, 0.6) is 0 Å². The molecule has 0 saturated carbocycles. The Morgan fingerprint density at radius 2 is 1.19 bits per heavy atom. The second kappa shape index (κ2) is 13.7. The summed E-state index contributed by atoms with van der Waals surface area (Å²) in [5, 5.41) is 2.72. The van der Waals surface area contributed by atoms with E-state index in [1.807, 2.05) is 11.3 Å². The highest BCUT2D eigenvalue weighted by Crippen LogP contribution is 2.56. The van der Waals surface area contributed by atoms with Crippen LogP contribution in [-0.2, 0) is 27.1 Å². The lowest BCUT2D eigenvalue weighted by atomic mass is 9.33. The maximum atomic E-state index is 2.77. The Balaban J connectivity index is 1.29. The van der Waals surface area contributed by atoms with E-state index in [1.165, 1.54) is 129 Å². The van der Waals surface area contributed by atoms with Crippen molar-refractivity contribution in [1.29, 1.82) is 0 Å². The molecule has 0 fully saturated rings. The van der Waals surface area contributed by atoms with Crippen molar-refractivity contribution < 1.29 is 0 Å². The van der Waals surface area contributed by atoms with Crippen molar-refractivity contribution in [3.05, 3.63) is 148 Å². The Morgan fingerprint density at radius 3 is 1.89 bits per heavy atom. The zero-order valence-corrected chi connectivity index (χ0v) is 41.4. The molecule has 4 aliphatic rings. The summed E-state index contributed by atoms with van der Waals surface area (Å²) < 4.78 is 1.35. The summed E-state index contributed by atoms with van der Waals surface area (Å²) >= 11 is 1.97. The maximum absolute atomic E-state index is 2.77. The van der Waals surface area contributed by atoms with Gasteiger partial charge in [0.2, 0.25) is 0 Å². The van der Waals surface area contributed by atoms with Gasteiger partial charge in [-0.2, -0.15) is 0 Å². The van der Waals surface area contributed by atoms with E-state index >= 15 is 0 Å². The molecule has 2 aliphatic heterocycles. The van der Waals surface area contributed by atoms with Gasteiger partial charge in [0.1, 0.15) is 0 Å². The average molecular weight is 857 g/mol. The second-order valence-corrected chi connectivity index (χ2v) is 24.7. The zero-order valence-electron chi connectivity index (χ0n) is 40.6. The zero-order chi connectivity index (χ0) is 45.0. The number of anilines is 6. The van der Waals surface area contributed by atoms with Gasteiger partial charge in [-0.1, -0.05) is 148 Å². The van der Waals surface area contributed by atoms with Crippen LogP contribution in [0.4, 0.5) is 33.4 Å². The predicted molar refractivity (Wildman–Crippen MR) is 280 cm³/mol. The Hall–Kier alpha value is -5.06. The first-order valence-electron chi connectivity index (χ1n) is 24.0. The van der Waals surface area contributed by atoms with E-state index in [-0.39, 0.29) is 33.8 Å². The normalized spacial score (nSPS) is 18.5. The van der Waals surface area contributed by atoms with E-state index in [9.17, 15) is 0 Å². The van der Waals surface area contributed by atoms with Gasteiger partial charge in [0.05, 0.1) is 10.7 Å². The van der Waals surface area contributed by atoms with Crippen LogP contribution in [0.1, 0.15) is 141 Å². The summed E-state index contributed by atoms with van der Waals surface area (Å²) in [5.74, 6) is 0. The third kappa shape index (κ3) is 6.10. The molecule has 0 N–H and O–H groups in total. The van der Waals surface area contributed by atoms with E-state index in [0.717, 1.165) is 6.42 Å². The third-order valence-electron chi connectivity index (χ3n) is 16.2. The third-order valence-corrected chi connectivity index (χ3v) is 17.4. The summed E-state index contributed by atoms with van der Waals surface area (Å²) in [6, 6.07) is 43.3. The van der Waals surface area contributed by atoms with Gasteiger partial charge in [0.15, 0.2) is 0 Å². The molecule has 0 amide bonds. The molecule has 0 atom stereocenters. The smallest absolute Gasteiger partial charge is 0.254 e. The van der Waals surface area contributed by atoms with Gasteiger partial charge in [-0.25, -0.2) is 0 Å². The minimum absolute atomic E-state index is 0.00218. The van der Waals surface area contributed by atoms with Crippen molar-refractivity contribution in [2.45, 2.75) is 143 Å². The Labute approximate surface area is 387 Å². The van der Waals surface area contributed by atoms with E-state index in [0.29, 0.717) is 0 Å². The van der Waals surface area contributed by atoms with Crippen LogP contribution in [0.25, 0.3) is 21.2 Å². The van der Waals surface area contributed by atoms with Gasteiger partial charge in [0, 0.05) is 33.0 Å². The highest BCUT2D eigenvalue weighted by Gasteiger charge is 2.50. The quantitative estimate of drug-likeness (QED) is 0.163. The fraction of sp³-hybridized carbons (Fsp3) is 0.367. The summed E-state index contributed by atoms with van der Waals surface area (Å²) in [5.41, 5.74) is 23.6. The highest BCUT2D eigenvalue weighted by molar-refractivity contribution is 7.26. The lowest BCUT2D eigenvalue weighted by Crippen LogP contribution is -2.61. The van der Waals surface area contributed by atoms with Crippen molar-refractivity contribution >= 4 is 78.0 Å². The molecule has 324 valence electrons. The maximum Gasteiger partial charge on any atom is 0.254 e. The Bertz CT molecular complexity index is 3080. The standard InChI is InChI=1S/C60H65BN2S/c1-36-19-26-50-42(31-36)52-55(64-50)63(47-25-20-39(56(3,4)5)34-41(47)38-17-15-14-16-18-38)49-33-37(2)32-48-53(49)61(52)46-24-23-44-51(60(12,13)30-29-58(44,8)9)54(46)62(48)40-21-22-43-45(35-40)59(10,11)28-27-57(43,6)7/h14-26,31-35H,27-30H2,1-13H3. The van der Waals surface area contributed by atoms with Crippen LogP contribution in [-0.4, -0.2) is 6.71 Å². The number of thiophene rings is 1. The number of fused-ring (bicyclic) bond motifs is 9. The molecule has 2 nitrogen and oxygen atoms in total. The number of benzene rings is 6. The van der Waals surface area contributed by atoms with Crippen LogP contribution in [0.2, 0.25) is 0 Å². The first-order valence-corrected chi connectivity index (χ1v) is 24.8. The van der Waals surface area contributed by atoms with Gasteiger partial charge in [0.25, 0.3) is 6.71 Å². The SMILES string of the molecule is Cc1cc2c3c(c1)N(c1ccc4c(c1)C(C)(C)CCC4(C)C)c1c(ccc4c1C(C)(C)CCC4(C)C)B3c1c(sc3ccc(C)cc13)N2c1ccc(C(C)(C)C)cc1-c1ccccc1. The van der Waals surface area contributed by atoms with E-state index in [1.54, 1.807) is 0 Å². The predicted octanol–water partition coefficient (Wildman–Crippen LogP) is 15.3. The lowest BCUT2D eigenvalue weighted by Gasteiger charge is -2.49. The molecule has 0 radical (unpaired) electrons. The number of rotatable bonds is 3. The highest BCUT2D eigenvalue weighted by atomic mass is 32.1. The van der Waals surface area contributed by atoms with Crippen molar-refractivity contribution in [2.75, 3.05) is 9.80 Å². The van der Waals surface area contributed by atoms with Crippen LogP contribution < -0.4 is 26.2 Å². The summed E-state index contributed by atoms with van der Waals surface area (Å²) in [6.07, 6.45) is 4.73. The Kier molecular flexibility index (Phi) is 8.94. The molecule has 4 heteroatoms. The molecule has 0 spiro atoms. The van der Waals surface area contributed by atoms with E-state index in [4.69, 9.17) is 0 Å². The topological polar surface area (TPSA) is 6.48 Å². The number of aryl methyl sites for hydroxylation is 2. The van der Waals surface area contributed by atoms with Crippen LogP contribution in [0, 0.1) is 13.8 Å². The molecule has 7 aromatic rings. The van der Waals surface area contributed by atoms with Crippen molar-refractivity contribution in [2.24, 2.45) is 0 Å². The molecular formula is C60H65BN2S. The molecule has 1 aromatic heterocycles. The van der Waals surface area contributed by atoms with Gasteiger partial charge >= 0.3 is 0 Å². The molecule has 2 aliphatic carbocycles.